The van der Waals surface area contributed by atoms with Crippen LogP contribution in [0.15, 0.2) is 0 Å². The van der Waals surface area contributed by atoms with E-state index in [4.69, 9.17) is 37.0 Å². The molecule has 0 saturated heterocycles. The summed E-state index contributed by atoms with van der Waals surface area (Å²) in [6.45, 7) is 4.52. The fourth-order valence-corrected chi connectivity index (χ4v) is 9.09. The van der Waals surface area contributed by atoms with Crippen molar-refractivity contribution < 1.29 is 80.2 Å². The van der Waals surface area contributed by atoms with E-state index in [2.05, 4.69) is 20.8 Å². The van der Waals surface area contributed by atoms with Gasteiger partial charge in [-0.3, -0.25) is 37.3 Å². The maximum absolute atomic E-state index is 12.8. The van der Waals surface area contributed by atoms with E-state index < -0.39 is 97.5 Å². The minimum absolute atomic E-state index is 0.0981. The van der Waals surface area contributed by atoms with E-state index in [-0.39, 0.29) is 25.7 Å². The van der Waals surface area contributed by atoms with Crippen LogP contribution in [0.4, 0.5) is 0 Å². The van der Waals surface area contributed by atoms with Crippen molar-refractivity contribution in [3.8, 4) is 0 Å². The topological polar surface area (TPSA) is 237 Å². The molecule has 5 atom stereocenters. The van der Waals surface area contributed by atoms with E-state index >= 15 is 0 Å². The molecule has 0 spiro atoms. The molecule has 0 aromatic rings. The first kappa shape index (κ1) is 69.1. The lowest BCUT2D eigenvalue weighted by Crippen LogP contribution is -2.30. The molecule has 0 radical (unpaired) electrons. The van der Waals surface area contributed by atoms with Gasteiger partial charge >= 0.3 is 39.5 Å². The normalized spacial score (nSPS) is 14.5. The molecule has 0 bridgehead atoms. The van der Waals surface area contributed by atoms with Crippen molar-refractivity contribution in [2.75, 3.05) is 39.6 Å². The quantitative estimate of drug-likeness (QED) is 0.0222. The standard InChI is InChI=1S/C52H100O17P2/c1-5-9-13-16-18-20-22-24-25-27-30-33-37-50(55)63-43-48(69-52(57)39-35-31-28-26-23-21-19-17-14-10-6-2)45-67-71(60,61)65-41-46(53)40-64-70(58,59)66-44-47(42-62-49(54)36-32-12-8-4)68-51(56)38-34-29-15-11-7-3/h46-48,53H,5-45H2,1-4H3,(H,58,59)(H,60,61)/t46-,47-,48-/m1/s1. The highest BCUT2D eigenvalue weighted by atomic mass is 31.2. The molecule has 17 nitrogen and oxygen atoms in total. The fraction of sp³-hybridized carbons (Fsp3) is 0.923. The van der Waals surface area contributed by atoms with Crippen LogP contribution >= 0.6 is 15.6 Å². The Morgan fingerprint density at radius 2 is 0.563 bits per heavy atom. The zero-order valence-electron chi connectivity index (χ0n) is 44.7. The van der Waals surface area contributed by atoms with E-state index in [1.54, 1.807) is 0 Å². The lowest BCUT2D eigenvalue weighted by Gasteiger charge is -2.21. The molecule has 0 aliphatic carbocycles. The summed E-state index contributed by atoms with van der Waals surface area (Å²) in [5, 5.41) is 10.4. The predicted octanol–water partition coefficient (Wildman–Crippen LogP) is 13.3. The first-order chi connectivity index (χ1) is 34.2. The van der Waals surface area contributed by atoms with Crippen LogP contribution in [0.1, 0.15) is 252 Å². The second-order valence-electron chi connectivity index (χ2n) is 18.9. The Kier molecular flexibility index (Phi) is 46.4. The molecule has 3 N–H and O–H groups in total. The van der Waals surface area contributed by atoms with Crippen molar-refractivity contribution in [3.05, 3.63) is 0 Å². The van der Waals surface area contributed by atoms with Crippen LogP contribution in [0.2, 0.25) is 0 Å². The third-order valence-electron chi connectivity index (χ3n) is 11.9. The Labute approximate surface area is 428 Å². The highest BCUT2D eigenvalue weighted by Gasteiger charge is 2.30. The lowest BCUT2D eigenvalue weighted by atomic mass is 10.0. The number of esters is 4. The number of rotatable bonds is 53. The molecule has 0 rings (SSSR count). The number of carbonyl (C=O) groups is 4. The van der Waals surface area contributed by atoms with Crippen LogP contribution in [0.3, 0.4) is 0 Å². The molecule has 2 unspecified atom stereocenters. The summed E-state index contributed by atoms with van der Waals surface area (Å²) >= 11 is 0. The summed E-state index contributed by atoms with van der Waals surface area (Å²) in [6, 6.07) is 0. The minimum atomic E-state index is -4.93. The Hall–Kier alpha value is -1.94. The predicted molar refractivity (Wildman–Crippen MR) is 275 cm³/mol. The molecule has 19 heteroatoms. The van der Waals surface area contributed by atoms with Gasteiger partial charge in [0, 0.05) is 25.7 Å². The number of phosphoric acid groups is 2. The first-order valence-corrected chi connectivity index (χ1v) is 30.8. The van der Waals surface area contributed by atoms with Gasteiger partial charge in [0.1, 0.15) is 19.3 Å². The number of hydrogen-bond acceptors (Lipinski definition) is 15. The number of unbranched alkanes of at least 4 members (excludes halogenated alkanes) is 27. The molecule has 0 amide bonds. The third kappa shape index (κ3) is 47.5. The van der Waals surface area contributed by atoms with E-state index in [1.807, 2.05) is 6.92 Å². The van der Waals surface area contributed by atoms with Gasteiger partial charge in [-0.2, -0.15) is 0 Å². The summed E-state index contributed by atoms with van der Waals surface area (Å²) < 4.78 is 66.9. The second-order valence-corrected chi connectivity index (χ2v) is 21.8. The number of aliphatic hydroxyl groups excluding tert-OH is 1. The number of phosphoric ester groups is 2. The largest absolute Gasteiger partial charge is 0.472 e. The summed E-state index contributed by atoms with van der Waals surface area (Å²) in [4.78, 5) is 70.9. The van der Waals surface area contributed by atoms with Crippen LogP contribution in [0.25, 0.3) is 0 Å². The average Bonchev–Trinajstić information content (AvgIpc) is 3.34. The molecule has 0 aromatic carbocycles. The van der Waals surface area contributed by atoms with Crippen LogP contribution in [0, 0.1) is 0 Å². The highest BCUT2D eigenvalue weighted by molar-refractivity contribution is 7.47. The Balaban J connectivity index is 5.10. The van der Waals surface area contributed by atoms with Gasteiger partial charge in [0.15, 0.2) is 12.2 Å². The maximum Gasteiger partial charge on any atom is 0.472 e. The summed E-state index contributed by atoms with van der Waals surface area (Å²) in [5.74, 6) is -2.18. The van der Waals surface area contributed by atoms with Crippen LogP contribution in [-0.4, -0.2) is 96.7 Å². The second kappa shape index (κ2) is 47.8. The van der Waals surface area contributed by atoms with Crippen LogP contribution in [0.5, 0.6) is 0 Å². The number of hydrogen-bond donors (Lipinski definition) is 3. The molecular formula is C52H100O17P2. The highest BCUT2D eigenvalue weighted by Crippen LogP contribution is 2.45. The van der Waals surface area contributed by atoms with Crippen LogP contribution in [-0.2, 0) is 65.4 Å². The third-order valence-corrected chi connectivity index (χ3v) is 13.8. The van der Waals surface area contributed by atoms with Gasteiger partial charge in [0.05, 0.1) is 26.4 Å². The summed E-state index contributed by atoms with van der Waals surface area (Å²) in [7, 11) is -9.83. The molecule has 0 saturated carbocycles. The molecule has 0 heterocycles. The van der Waals surface area contributed by atoms with Gasteiger partial charge in [-0.15, -0.1) is 0 Å². The van der Waals surface area contributed by atoms with Gasteiger partial charge in [-0.05, 0) is 25.7 Å². The van der Waals surface area contributed by atoms with Crippen molar-refractivity contribution >= 4 is 39.5 Å². The molecule has 420 valence electrons. The van der Waals surface area contributed by atoms with Crippen molar-refractivity contribution in [1.82, 2.24) is 0 Å². The van der Waals surface area contributed by atoms with Crippen molar-refractivity contribution in [3.63, 3.8) is 0 Å². The first-order valence-electron chi connectivity index (χ1n) is 27.8. The molecule has 0 aliphatic rings. The van der Waals surface area contributed by atoms with Gasteiger partial charge in [-0.25, -0.2) is 9.13 Å². The number of aliphatic hydroxyl groups is 1. The number of carbonyl (C=O) groups excluding carboxylic acids is 4. The minimum Gasteiger partial charge on any atom is -0.462 e. The molecule has 71 heavy (non-hydrogen) atoms. The van der Waals surface area contributed by atoms with E-state index in [0.717, 1.165) is 83.5 Å². The maximum atomic E-state index is 12.8. The zero-order valence-corrected chi connectivity index (χ0v) is 46.5. The van der Waals surface area contributed by atoms with Crippen molar-refractivity contribution in [2.24, 2.45) is 0 Å². The monoisotopic (exact) mass is 1060 g/mol. The molecule has 0 aliphatic heterocycles. The van der Waals surface area contributed by atoms with E-state index in [1.165, 1.54) is 89.9 Å². The smallest absolute Gasteiger partial charge is 0.462 e. The molecular weight excluding hydrogens is 959 g/mol. The Morgan fingerprint density at radius 3 is 0.859 bits per heavy atom. The molecule has 0 aromatic heterocycles. The summed E-state index contributed by atoms with van der Waals surface area (Å²) in [5.41, 5.74) is 0. The zero-order chi connectivity index (χ0) is 52.7. The Morgan fingerprint density at radius 1 is 0.338 bits per heavy atom. The average molecular weight is 1060 g/mol. The summed E-state index contributed by atoms with van der Waals surface area (Å²) in [6.07, 6.45) is 29.1. The van der Waals surface area contributed by atoms with Crippen molar-refractivity contribution in [1.29, 1.82) is 0 Å². The lowest BCUT2D eigenvalue weighted by molar-refractivity contribution is -0.161. The van der Waals surface area contributed by atoms with Gasteiger partial charge < -0.3 is 33.8 Å². The van der Waals surface area contributed by atoms with Gasteiger partial charge in [-0.1, -0.05) is 201 Å². The SMILES string of the molecule is CCCCCCCCCCCCCCC(=O)OC[C@H](COP(=O)(O)OC[C@H](O)COP(=O)(O)OC[C@@H](COC(=O)CCCCC)OC(=O)CCCCCCC)OC(=O)CCCCCCCCCCCCC. The van der Waals surface area contributed by atoms with Crippen molar-refractivity contribution in [2.45, 2.75) is 271 Å². The van der Waals surface area contributed by atoms with E-state index in [9.17, 15) is 43.2 Å². The van der Waals surface area contributed by atoms with Gasteiger partial charge in [0.2, 0.25) is 0 Å². The Bertz CT molecular complexity index is 1400. The number of ether oxygens (including phenoxy) is 4. The van der Waals surface area contributed by atoms with Gasteiger partial charge in [0.25, 0.3) is 0 Å². The van der Waals surface area contributed by atoms with Crippen LogP contribution < -0.4 is 0 Å². The molecule has 0 fully saturated rings. The van der Waals surface area contributed by atoms with E-state index in [0.29, 0.717) is 25.7 Å². The fourth-order valence-electron chi connectivity index (χ4n) is 7.51.